The summed E-state index contributed by atoms with van der Waals surface area (Å²) in [5.41, 5.74) is 3.06. The van der Waals surface area contributed by atoms with Crippen molar-refractivity contribution in [3.8, 4) is 11.3 Å². The van der Waals surface area contributed by atoms with Crippen LogP contribution in [0.3, 0.4) is 0 Å². The summed E-state index contributed by atoms with van der Waals surface area (Å²) in [6, 6.07) is 4.02. The van der Waals surface area contributed by atoms with Crippen molar-refractivity contribution in [1.82, 2.24) is 9.97 Å². The third kappa shape index (κ3) is 1.95. The number of thiazole rings is 1. The Morgan fingerprint density at radius 1 is 1.38 bits per heavy atom. The zero-order valence-electron chi connectivity index (χ0n) is 6.99. The normalized spacial score (nSPS) is 10.3. The number of pyridine rings is 1. The summed E-state index contributed by atoms with van der Waals surface area (Å²) in [5, 5.41) is 2.01. The van der Waals surface area contributed by atoms with Gasteiger partial charge < -0.3 is 0 Å². The van der Waals surface area contributed by atoms with E-state index >= 15 is 0 Å². The van der Waals surface area contributed by atoms with E-state index in [0.717, 1.165) is 20.9 Å². The molecule has 2 nitrogen and oxygen atoms in total. The zero-order chi connectivity index (χ0) is 9.26. The molecule has 13 heavy (non-hydrogen) atoms. The van der Waals surface area contributed by atoms with Gasteiger partial charge in [0.2, 0.25) is 0 Å². The van der Waals surface area contributed by atoms with Crippen molar-refractivity contribution in [2.75, 3.05) is 0 Å². The first-order valence-corrected chi connectivity index (χ1v) is 5.47. The molecule has 0 aromatic carbocycles. The summed E-state index contributed by atoms with van der Waals surface area (Å²) < 4.78 is 0.906. The molecule has 2 heterocycles. The molecule has 0 amide bonds. The molecule has 0 radical (unpaired) electrons. The molecule has 0 aliphatic carbocycles. The van der Waals surface area contributed by atoms with Gasteiger partial charge in [0.05, 0.1) is 5.69 Å². The first-order chi connectivity index (χ1) is 6.25. The van der Waals surface area contributed by atoms with Crippen LogP contribution in [0.1, 0.15) is 5.69 Å². The molecule has 0 spiro atoms. The lowest BCUT2D eigenvalue weighted by molar-refractivity contribution is 1.20. The fourth-order valence-corrected chi connectivity index (χ4v) is 2.02. The first-order valence-electron chi connectivity index (χ1n) is 3.80. The minimum atomic E-state index is 0.906. The largest absolute Gasteiger partial charge is 0.261 e. The van der Waals surface area contributed by atoms with Crippen molar-refractivity contribution < 1.29 is 0 Å². The maximum Gasteiger partial charge on any atom is 0.159 e. The second-order valence-electron chi connectivity index (χ2n) is 2.67. The van der Waals surface area contributed by atoms with Gasteiger partial charge in [-0.05, 0) is 35.0 Å². The average molecular weight is 255 g/mol. The Bertz CT molecular complexity index is 408. The lowest BCUT2D eigenvalue weighted by Gasteiger charge is -1.95. The van der Waals surface area contributed by atoms with E-state index in [1.807, 2.05) is 30.6 Å². The van der Waals surface area contributed by atoms with Crippen molar-refractivity contribution in [3.05, 3.63) is 33.3 Å². The van der Waals surface area contributed by atoms with Crippen LogP contribution in [0.25, 0.3) is 11.3 Å². The molecule has 2 aromatic rings. The summed E-state index contributed by atoms with van der Waals surface area (Å²) in [5.74, 6) is 0. The Morgan fingerprint density at radius 2 is 2.23 bits per heavy atom. The topological polar surface area (TPSA) is 25.8 Å². The highest BCUT2D eigenvalue weighted by molar-refractivity contribution is 9.11. The van der Waals surface area contributed by atoms with Crippen molar-refractivity contribution in [2.45, 2.75) is 6.92 Å². The molecule has 2 aromatic heterocycles. The van der Waals surface area contributed by atoms with Crippen LogP contribution in [0.4, 0.5) is 0 Å². The van der Waals surface area contributed by atoms with E-state index in [1.165, 1.54) is 0 Å². The van der Waals surface area contributed by atoms with E-state index in [1.54, 1.807) is 11.3 Å². The van der Waals surface area contributed by atoms with Gasteiger partial charge in [-0.15, -0.1) is 11.3 Å². The fourth-order valence-electron chi connectivity index (χ4n) is 1.00. The lowest BCUT2D eigenvalue weighted by Crippen LogP contribution is -1.82. The minimum Gasteiger partial charge on any atom is -0.261 e. The summed E-state index contributed by atoms with van der Waals surface area (Å²) >= 11 is 4.91. The lowest BCUT2D eigenvalue weighted by atomic mass is 10.2. The van der Waals surface area contributed by atoms with Gasteiger partial charge in [0.25, 0.3) is 0 Å². The molecule has 0 aliphatic rings. The van der Waals surface area contributed by atoms with E-state index in [0.29, 0.717) is 0 Å². The van der Waals surface area contributed by atoms with Crippen LogP contribution in [0.2, 0.25) is 0 Å². The fraction of sp³-hybridized carbons (Fsp3) is 0.111. The zero-order valence-corrected chi connectivity index (χ0v) is 9.39. The number of aryl methyl sites for hydroxylation is 1. The van der Waals surface area contributed by atoms with Crippen LogP contribution in [0.15, 0.2) is 27.6 Å². The molecule has 0 bridgehead atoms. The van der Waals surface area contributed by atoms with Crippen LogP contribution in [-0.2, 0) is 0 Å². The van der Waals surface area contributed by atoms with Gasteiger partial charge in [0, 0.05) is 22.8 Å². The molecule has 0 aliphatic heterocycles. The molecular formula is C9H7BrN2S. The summed E-state index contributed by atoms with van der Waals surface area (Å²) in [6.45, 7) is 1.97. The number of hydrogen-bond donors (Lipinski definition) is 0. The SMILES string of the molecule is Cc1ccc(-c2csc(Br)n2)cn1. The Balaban J connectivity index is 2.41. The molecule has 66 valence electrons. The maximum atomic E-state index is 4.31. The van der Waals surface area contributed by atoms with Crippen LogP contribution in [-0.4, -0.2) is 9.97 Å². The van der Waals surface area contributed by atoms with Crippen molar-refractivity contribution in [3.63, 3.8) is 0 Å². The highest BCUT2D eigenvalue weighted by Gasteiger charge is 2.01. The van der Waals surface area contributed by atoms with E-state index in [4.69, 9.17) is 0 Å². The van der Waals surface area contributed by atoms with Crippen molar-refractivity contribution >= 4 is 27.3 Å². The van der Waals surface area contributed by atoms with E-state index in [2.05, 4.69) is 25.9 Å². The molecule has 0 saturated carbocycles. The monoisotopic (exact) mass is 254 g/mol. The Morgan fingerprint density at radius 3 is 2.77 bits per heavy atom. The first kappa shape index (κ1) is 8.84. The van der Waals surface area contributed by atoms with E-state index < -0.39 is 0 Å². The predicted molar refractivity (Wildman–Crippen MR) is 57.8 cm³/mol. The van der Waals surface area contributed by atoms with E-state index in [-0.39, 0.29) is 0 Å². The maximum absolute atomic E-state index is 4.31. The summed E-state index contributed by atoms with van der Waals surface area (Å²) in [7, 11) is 0. The molecule has 0 N–H and O–H groups in total. The highest BCUT2D eigenvalue weighted by Crippen LogP contribution is 2.24. The highest BCUT2D eigenvalue weighted by atomic mass is 79.9. The second-order valence-corrected chi connectivity index (χ2v) is 4.81. The molecule has 0 atom stereocenters. The Kier molecular flexibility index (Phi) is 2.42. The standard InChI is InChI=1S/C9H7BrN2S/c1-6-2-3-7(4-11-6)8-5-13-9(10)12-8/h2-5H,1H3. The van der Waals surface area contributed by atoms with Crippen LogP contribution < -0.4 is 0 Å². The molecule has 2 rings (SSSR count). The van der Waals surface area contributed by atoms with E-state index in [9.17, 15) is 0 Å². The average Bonchev–Trinajstić information content (AvgIpc) is 2.53. The molecule has 0 saturated heterocycles. The van der Waals surface area contributed by atoms with Gasteiger partial charge in [0.15, 0.2) is 3.92 Å². The summed E-state index contributed by atoms with van der Waals surface area (Å²) in [4.78, 5) is 8.52. The Labute approximate surface area is 88.8 Å². The molecule has 0 fully saturated rings. The quantitative estimate of drug-likeness (QED) is 0.781. The second kappa shape index (κ2) is 3.55. The predicted octanol–water partition coefficient (Wildman–Crippen LogP) is 3.28. The van der Waals surface area contributed by atoms with Gasteiger partial charge in [-0.25, -0.2) is 4.98 Å². The number of nitrogens with zero attached hydrogens (tertiary/aromatic N) is 2. The van der Waals surface area contributed by atoms with Gasteiger partial charge in [0.1, 0.15) is 0 Å². The van der Waals surface area contributed by atoms with Gasteiger partial charge >= 0.3 is 0 Å². The number of aromatic nitrogens is 2. The molecule has 0 unspecified atom stereocenters. The number of hydrogen-bond acceptors (Lipinski definition) is 3. The van der Waals surface area contributed by atoms with Gasteiger partial charge in [-0.3, -0.25) is 4.98 Å². The van der Waals surface area contributed by atoms with Crippen molar-refractivity contribution in [1.29, 1.82) is 0 Å². The summed E-state index contributed by atoms with van der Waals surface area (Å²) in [6.07, 6.45) is 1.84. The smallest absolute Gasteiger partial charge is 0.159 e. The van der Waals surface area contributed by atoms with Gasteiger partial charge in [-0.2, -0.15) is 0 Å². The Hall–Kier alpha value is -0.740. The molecular weight excluding hydrogens is 248 g/mol. The van der Waals surface area contributed by atoms with Crippen LogP contribution in [0, 0.1) is 6.92 Å². The third-order valence-corrected chi connectivity index (χ3v) is 3.05. The van der Waals surface area contributed by atoms with Gasteiger partial charge in [-0.1, -0.05) is 0 Å². The minimum absolute atomic E-state index is 0.906. The molecule has 4 heteroatoms. The van der Waals surface area contributed by atoms with Crippen LogP contribution >= 0.6 is 27.3 Å². The number of rotatable bonds is 1. The third-order valence-electron chi connectivity index (χ3n) is 1.68. The van der Waals surface area contributed by atoms with Crippen LogP contribution in [0.5, 0.6) is 0 Å². The number of halogens is 1. The van der Waals surface area contributed by atoms with Crippen molar-refractivity contribution in [2.24, 2.45) is 0 Å².